The van der Waals surface area contributed by atoms with Gasteiger partial charge in [0, 0.05) is 6.42 Å². The molecule has 0 bridgehead atoms. The molecule has 0 spiro atoms. The third-order valence-corrected chi connectivity index (χ3v) is 3.35. The van der Waals surface area contributed by atoms with Gasteiger partial charge in [0.15, 0.2) is 0 Å². The second kappa shape index (κ2) is 20.4. The van der Waals surface area contributed by atoms with Crippen molar-refractivity contribution < 1.29 is 4.79 Å². The normalized spacial score (nSPS) is 12.7. The summed E-state index contributed by atoms with van der Waals surface area (Å²) in [5.74, 6) is 0. The smallest absolute Gasteiger partial charge is 0.119 e. The van der Waals surface area contributed by atoms with Gasteiger partial charge in [-0.05, 0) is 51.4 Å². The van der Waals surface area contributed by atoms with Gasteiger partial charge in [-0.3, -0.25) is 0 Å². The Morgan fingerprint density at radius 1 is 0.522 bits per heavy atom. The van der Waals surface area contributed by atoms with Crippen molar-refractivity contribution >= 4 is 6.29 Å². The van der Waals surface area contributed by atoms with E-state index in [1.54, 1.807) is 0 Å². The highest BCUT2D eigenvalue weighted by Gasteiger charge is 1.85. The molecule has 0 heterocycles. The van der Waals surface area contributed by atoms with Crippen LogP contribution in [0, 0.1) is 0 Å². The molecule has 0 N–H and O–H groups in total. The van der Waals surface area contributed by atoms with E-state index in [1.165, 1.54) is 6.42 Å². The van der Waals surface area contributed by atoms with Gasteiger partial charge in [-0.25, -0.2) is 0 Å². The molecule has 0 radical (unpaired) electrons. The number of hydrogen-bond acceptors (Lipinski definition) is 1. The zero-order valence-corrected chi connectivity index (χ0v) is 14.8. The molecule has 0 atom stereocenters. The average Bonchev–Trinajstić information content (AvgIpc) is 2.57. The van der Waals surface area contributed by atoms with Crippen molar-refractivity contribution in [3.63, 3.8) is 0 Å². The zero-order chi connectivity index (χ0) is 16.8. The first-order valence-corrected chi connectivity index (χ1v) is 9.10. The van der Waals surface area contributed by atoms with Crippen molar-refractivity contribution in [2.24, 2.45) is 0 Å². The first kappa shape index (κ1) is 21.4. The van der Waals surface area contributed by atoms with Crippen LogP contribution in [0.15, 0.2) is 60.8 Å². The second-order valence-corrected chi connectivity index (χ2v) is 5.51. The van der Waals surface area contributed by atoms with Crippen LogP contribution in [0.5, 0.6) is 0 Å². The number of hydrogen-bond donors (Lipinski definition) is 0. The fraction of sp³-hybridized carbons (Fsp3) is 0.500. The molecule has 0 aliphatic carbocycles. The minimum absolute atomic E-state index is 0.714. The quantitative estimate of drug-likeness (QED) is 0.183. The van der Waals surface area contributed by atoms with Gasteiger partial charge in [0.25, 0.3) is 0 Å². The zero-order valence-electron chi connectivity index (χ0n) is 14.8. The molecule has 1 nitrogen and oxygen atoms in total. The van der Waals surface area contributed by atoms with Crippen LogP contribution in [0.1, 0.15) is 71.1 Å². The van der Waals surface area contributed by atoms with Crippen LogP contribution in [0.2, 0.25) is 0 Å². The Kier molecular flexibility index (Phi) is 18.9. The fourth-order valence-electron chi connectivity index (χ4n) is 2.04. The van der Waals surface area contributed by atoms with Gasteiger partial charge in [0.05, 0.1) is 0 Å². The molecular weight excluding hydrogens is 280 g/mol. The van der Waals surface area contributed by atoms with Gasteiger partial charge >= 0.3 is 0 Å². The topological polar surface area (TPSA) is 17.1 Å². The van der Waals surface area contributed by atoms with Crippen LogP contribution >= 0.6 is 0 Å². The highest BCUT2D eigenvalue weighted by Crippen LogP contribution is 2.03. The standard InChI is InChI=1S/C22H34O/c1-2-3-4-5-6-7-8-9-10-11-12-13-14-15-16-17-18-19-20-21-22-23/h3-4,6-7,9-10,12-13,15-16,22H,2,5,8,11,14,17-21H2,1H3/b4-3-,7-6-,10-9-,13-12-,16-15-. The summed E-state index contributed by atoms with van der Waals surface area (Å²) in [7, 11) is 0. The summed E-state index contributed by atoms with van der Waals surface area (Å²) >= 11 is 0. The van der Waals surface area contributed by atoms with E-state index < -0.39 is 0 Å². The summed E-state index contributed by atoms with van der Waals surface area (Å²) in [6.07, 6.45) is 33.7. The Balaban J connectivity index is 3.40. The summed E-state index contributed by atoms with van der Waals surface area (Å²) in [5, 5.41) is 0. The molecule has 0 aliphatic rings. The molecule has 0 rings (SSSR count). The molecule has 0 saturated heterocycles. The van der Waals surface area contributed by atoms with E-state index in [4.69, 9.17) is 0 Å². The van der Waals surface area contributed by atoms with Gasteiger partial charge in [-0.15, -0.1) is 0 Å². The summed E-state index contributed by atoms with van der Waals surface area (Å²) < 4.78 is 0. The summed E-state index contributed by atoms with van der Waals surface area (Å²) in [6, 6.07) is 0. The fourth-order valence-corrected chi connectivity index (χ4v) is 2.04. The molecule has 23 heavy (non-hydrogen) atoms. The lowest BCUT2D eigenvalue weighted by molar-refractivity contribution is -0.107. The highest BCUT2D eigenvalue weighted by atomic mass is 16.1. The average molecular weight is 315 g/mol. The third-order valence-electron chi connectivity index (χ3n) is 3.35. The Morgan fingerprint density at radius 2 is 0.957 bits per heavy atom. The predicted molar refractivity (Wildman–Crippen MR) is 104 cm³/mol. The van der Waals surface area contributed by atoms with Gasteiger partial charge in [-0.1, -0.05) is 74.1 Å². The van der Waals surface area contributed by atoms with Crippen molar-refractivity contribution in [3.05, 3.63) is 60.8 Å². The minimum Gasteiger partial charge on any atom is -0.303 e. The van der Waals surface area contributed by atoms with E-state index >= 15 is 0 Å². The monoisotopic (exact) mass is 314 g/mol. The number of allylic oxidation sites excluding steroid dienone is 10. The van der Waals surface area contributed by atoms with Crippen LogP contribution in [-0.2, 0) is 4.79 Å². The Morgan fingerprint density at radius 3 is 1.43 bits per heavy atom. The third kappa shape index (κ3) is 20.4. The SMILES string of the molecule is CC/C=C\C/C=C\C/C=C\C/C=C\C/C=C\CCCCCC=O. The van der Waals surface area contributed by atoms with E-state index in [0.29, 0.717) is 6.42 Å². The van der Waals surface area contributed by atoms with E-state index in [1.807, 2.05) is 0 Å². The number of carbonyl (C=O) groups excluding carboxylic acids is 1. The van der Waals surface area contributed by atoms with Crippen LogP contribution in [0.3, 0.4) is 0 Å². The maximum Gasteiger partial charge on any atom is 0.119 e. The van der Waals surface area contributed by atoms with Crippen LogP contribution in [-0.4, -0.2) is 6.29 Å². The Labute approximate surface area is 143 Å². The van der Waals surface area contributed by atoms with Crippen LogP contribution < -0.4 is 0 Å². The van der Waals surface area contributed by atoms with Crippen molar-refractivity contribution in [1.82, 2.24) is 0 Å². The van der Waals surface area contributed by atoms with Crippen molar-refractivity contribution in [3.8, 4) is 0 Å². The van der Waals surface area contributed by atoms with Crippen molar-refractivity contribution in [2.75, 3.05) is 0 Å². The predicted octanol–water partition coefficient (Wildman–Crippen LogP) is 6.89. The van der Waals surface area contributed by atoms with Gasteiger partial charge in [0.2, 0.25) is 0 Å². The second-order valence-electron chi connectivity index (χ2n) is 5.51. The molecule has 0 aromatic heterocycles. The van der Waals surface area contributed by atoms with Gasteiger partial charge in [-0.2, -0.15) is 0 Å². The first-order chi connectivity index (χ1) is 11.4. The van der Waals surface area contributed by atoms with Gasteiger partial charge in [0.1, 0.15) is 6.29 Å². The van der Waals surface area contributed by atoms with E-state index in [-0.39, 0.29) is 0 Å². The maximum absolute atomic E-state index is 10.2. The molecule has 0 fully saturated rings. The van der Waals surface area contributed by atoms with Crippen LogP contribution in [0.25, 0.3) is 0 Å². The molecule has 0 aliphatic heterocycles. The first-order valence-electron chi connectivity index (χ1n) is 9.10. The summed E-state index contributed by atoms with van der Waals surface area (Å²) in [5.41, 5.74) is 0. The minimum atomic E-state index is 0.714. The lowest BCUT2D eigenvalue weighted by atomic mass is 10.1. The summed E-state index contributed by atoms with van der Waals surface area (Å²) in [6.45, 7) is 2.16. The molecule has 0 aromatic rings. The van der Waals surface area contributed by atoms with Gasteiger partial charge < -0.3 is 4.79 Å². The molecule has 0 saturated carbocycles. The van der Waals surface area contributed by atoms with Crippen molar-refractivity contribution in [1.29, 1.82) is 0 Å². The number of rotatable bonds is 15. The van der Waals surface area contributed by atoms with E-state index in [9.17, 15) is 4.79 Å². The number of carbonyl (C=O) groups is 1. The Hall–Kier alpha value is -1.63. The lowest BCUT2D eigenvalue weighted by Gasteiger charge is -1.93. The van der Waals surface area contributed by atoms with E-state index in [0.717, 1.165) is 57.7 Å². The van der Waals surface area contributed by atoms with Crippen molar-refractivity contribution in [2.45, 2.75) is 71.1 Å². The molecule has 0 aromatic carbocycles. The molecule has 0 amide bonds. The largest absolute Gasteiger partial charge is 0.303 e. The molecule has 128 valence electrons. The molecular formula is C22H34O. The maximum atomic E-state index is 10.2. The number of unbranched alkanes of at least 4 members (excludes halogenated alkanes) is 4. The Bertz CT molecular complexity index is 383. The molecule has 1 heteroatoms. The van der Waals surface area contributed by atoms with E-state index in [2.05, 4.69) is 67.7 Å². The summed E-state index contributed by atoms with van der Waals surface area (Å²) in [4.78, 5) is 10.2. The lowest BCUT2D eigenvalue weighted by Crippen LogP contribution is -1.77. The number of aldehydes is 1. The highest BCUT2D eigenvalue weighted by molar-refractivity contribution is 5.48. The van der Waals surface area contributed by atoms with Crippen LogP contribution in [0.4, 0.5) is 0 Å². The molecule has 0 unspecified atom stereocenters.